The number of amides is 1. The molecule has 3 heteroatoms. The Bertz CT molecular complexity index is 374. The largest absolute Gasteiger partial charge is 0.369 e. The molecule has 0 saturated carbocycles. The molecular weight excluding hydrogens is 176 g/mol. The second kappa shape index (κ2) is 3.42. The molecule has 1 aromatic rings. The van der Waals surface area contributed by atoms with Crippen molar-refractivity contribution in [1.82, 2.24) is 4.90 Å². The van der Waals surface area contributed by atoms with Crippen molar-refractivity contribution in [2.45, 2.75) is 19.5 Å². The molecule has 0 aromatic heterocycles. The van der Waals surface area contributed by atoms with Gasteiger partial charge >= 0.3 is 0 Å². The van der Waals surface area contributed by atoms with Crippen LogP contribution in [0.5, 0.6) is 0 Å². The van der Waals surface area contributed by atoms with Gasteiger partial charge in [-0.1, -0.05) is 18.2 Å². The maximum absolute atomic E-state index is 10.7. The molecule has 0 unspecified atom stereocenters. The van der Waals surface area contributed by atoms with E-state index in [0.717, 1.165) is 18.7 Å². The molecule has 0 atom stereocenters. The first kappa shape index (κ1) is 9.21. The zero-order valence-electron chi connectivity index (χ0n) is 8.29. The van der Waals surface area contributed by atoms with Crippen LogP contribution in [-0.4, -0.2) is 17.9 Å². The third kappa shape index (κ3) is 1.77. The zero-order chi connectivity index (χ0) is 10.1. The summed E-state index contributed by atoms with van der Waals surface area (Å²) in [5, 5.41) is 0. The monoisotopic (exact) mass is 190 g/mol. The molecule has 0 saturated heterocycles. The lowest BCUT2D eigenvalue weighted by atomic mass is 10.0. The summed E-state index contributed by atoms with van der Waals surface area (Å²) in [5.41, 5.74) is 8.85. The highest BCUT2D eigenvalue weighted by atomic mass is 16.1. The van der Waals surface area contributed by atoms with Gasteiger partial charge in [-0.05, 0) is 23.7 Å². The summed E-state index contributed by atoms with van der Waals surface area (Å²) in [7, 11) is 2.09. The normalized spacial score (nSPS) is 15.5. The fourth-order valence-corrected chi connectivity index (χ4v) is 1.93. The van der Waals surface area contributed by atoms with Gasteiger partial charge in [0.25, 0.3) is 0 Å². The molecule has 2 N–H and O–H groups in total. The minimum atomic E-state index is -0.267. The van der Waals surface area contributed by atoms with Crippen LogP contribution in [0.3, 0.4) is 0 Å². The zero-order valence-corrected chi connectivity index (χ0v) is 8.29. The average Bonchev–Trinajstić information content (AvgIpc) is 2.42. The molecule has 3 nitrogen and oxygen atoms in total. The van der Waals surface area contributed by atoms with Gasteiger partial charge in [0.05, 0.1) is 6.42 Å². The number of benzene rings is 1. The third-order valence-corrected chi connectivity index (χ3v) is 2.53. The lowest BCUT2D eigenvalue weighted by molar-refractivity contribution is -0.117. The highest BCUT2D eigenvalue weighted by molar-refractivity contribution is 5.76. The van der Waals surface area contributed by atoms with Crippen LogP contribution in [0, 0.1) is 0 Å². The van der Waals surface area contributed by atoms with Gasteiger partial charge in [0, 0.05) is 13.1 Å². The average molecular weight is 190 g/mol. The Labute approximate surface area is 83.5 Å². The van der Waals surface area contributed by atoms with E-state index >= 15 is 0 Å². The van der Waals surface area contributed by atoms with Crippen LogP contribution >= 0.6 is 0 Å². The maximum atomic E-state index is 10.7. The quantitative estimate of drug-likeness (QED) is 0.744. The number of carbonyl (C=O) groups is 1. The van der Waals surface area contributed by atoms with Crippen LogP contribution in [-0.2, 0) is 24.3 Å². The number of fused-ring (bicyclic) bond motifs is 1. The van der Waals surface area contributed by atoms with Crippen LogP contribution in [0.1, 0.15) is 16.7 Å². The summed E-state index contributed by atoms with van der Waals surface area (Å²) in [6.07, 6.45) is 0.344. The molecule has 1 aromatic carbocycles. The molecule has 1 amide bonds. The molecule has 0 spiro atoms. The van der Waals surface area contributed by atoms with Crippen molar-refractivity contribution in [2.75, 3.05) is 7.05 Å². The lowest BCUT2D eigenvalue weighted by Crippen LogP contribution is -2.13. The van der Waals surface area contributed by atoms with Crippen molar-refractivity contribution < 1.29 is 4.79 Å². The van der Waals surface area contributed by atoms with Gasteiger partial charge in [-0.25, -0.2) is 0 Å². The van der Waals surface area contributed by atoms with E-state index in [4.69, 9.17) is 5.73 Å². The van der Waals surface area contributed by atoms with Gasteiger partial charge in [0.15, 0.2) is 0 Å². The molecular formula is C11H14N2O. The summed E-state index contributed by atoms with van der Waals surface area (Å²) in [6, 6.07) is 6.17. The molecule has 0 aliphatic carbocycles. The first-order valence-electron chi connectivity index (χ1n) is 4.72. The number of hydrogen-bond acceptors (Lipinski definition) is 2. The van der Waals surface area contributed by atoms with Crippen molar-refractivity contribution in [3.63, 3.8) is 0 Å². The fraction of sp³-hybridized carbons (Fsp3) is 0.364. The van der Waals surface area contributed by atoms with E-state index in [9.17, 15) is 4.79 Å². The second-order valence-corrected chi connectivity index (χ2v) is 3.92. The van der Waals surface area contributed by atoms with Crippen LogP contribution in [0.25, 0.3) is 0 Å². The molecule has 14 heavy (non-hydrogen) atoms. The van der Waals surface area contributed by atoms with Crippen molar-refractivity contribution in [3.05, 3.63) is 34.9 Å². The first-order chi connectivity index (χ1) is 6.65. The standard InChI is InChI=1S/C11H14N2O/c1-13-6-9-3-2-8(5-11(12)14)4-10(9)7-13/h2-4H,5-7H2,1H3,(H2,12,14). The summed E-state index contributed by atoms with van der Waals surface area (Å²) >= 11 is 0. The number of carbonyl (C=O) groups excluding carboxylic acids is 1. The molecule has 1 heterocycles. The van der Waals surface area contributed by atoms with Crippen LogP contribution in [0.15, 0.2) is 18.2 Å². The van der Waals surface area contributed by atoms with Crippen molar-refractivity contribution >= 4 is 5.91 Å². The van der Waals surface area contributed by atoms with E-state index in [1.54, 1.807) is 0 Å². The van der Waals surface area contributed by atoms with Crippen molar-refractivity contribution in [1.29, 1.82) is 0 Å². The van der Waals surface area contributed by atoms with Gasteiger partial charge < -0.3 is 5.73 Å². The molecule has 74 valence electrons. The van der Waals surface area contributed by atoms with Gasteiger partial charge in [-0.15, -0.1) is 0 Å². The fourth-order valence-electron chi connectivity index (χ4n) is 1.93. The number of primary amides is 1. The number of hydrogen-bond donors (Lipinski definition) is 1. The molecule has 2 rings (SSSR count). The van der Waals surface area contributed by atoms with Gasteiger partial charge in [0.2, 0.25) is 5.91 Å². The van der Waals surface area contributed by atoms with E-state index in [-0.39, 0.29) is 5.91 Å². The van der Waals surface area contributed by atoms with Gasteiger partial charge in [-0.3, -0.25) is 9.69 Å². The Hall–Kier alpha value is -1.35. The van der Waals surface area contributed by atoms with Gasteiger partial charge in [0.1, 0.15) is 0 Å². The Morgan fingerprint density at radius 1 is 1.43 bits per heavy atom. The van der Waals surface area contributed by atoms with Crippen molar-refractivity contribution in [2.24, 2.45) is 5.73 Å². The summed E-state index contributed by atoms with van der Waals surface area (Å²) in [5.74, 6) is -0.267. The number of rotatable bonds is 2. The molecule has 0 radical (unpaired) electrons. The van der Waals surface area contributed by atoms with E-state index < -0.39 is 0 Å². The summed E-state index contributed by atoms with van der Waals surface area (Å²) in [6.45, 7) is 1.98. The van der Waals surface area contributed by atoms with Crippen molar-refractivity contribution in [3.8, 4) is 0 Å². The Kier molecular flexibility index (Phi) is 2.25. The van der Waals surface area contributed by atoms with Crippen LogP contribution < -0.4 is 5.73 Å². The highest BCUT2D eigenvalue weighted by Gasteiger charge is 2.15. The Morgan fingerprint density at radius 3 is 2.86 bits per heavy atom. The highest BCUT2D eigenvalue weighted by Crippen LogP contribution is 2.22. The smallest absolute Gasteiger partial charge is 0.221 e. The minimum absolute atomic E-state index is 0.267. The molecule has 0 fully saturated rings. The Morgan fingerprint density at radius 2 is 2.14 bits per heavy atom. The lowest BCUT2D eigenvalue weighted by Gasteiger charge is -2.02. The second-order valence-electron chi connectivity index (χ2n) is 3.92. The predicted molar refractivity (Wildman–Crippen MR) is 54.5 cm³/mol. The summed E-state index contributed by atoms with van der Waals surface area (Å²) in [4.78, 5) is 13.0. The molecule has 1 aliphatic heterocycles. The summed E-state index contributed by atoms with van der Waals surface area (Å²) < 4.78 is 0. The third-order valence-electron chi connectivity index (χ3n) is 2.53. The first-order valence-corrected chi connectivity index (χ1v) is 4.72. The SMILES string of the molecule is CN1Cc2ccc(CC(N)=O)cc2C1. The molecule has 1 aliphatic rings. The molecule has 0 bridgehead atoms. The topological polar surface area (TPSA) is 46.3 Å². The van der Waals surface area contributed by atoms with Crippen LogP contribution in [0.2, 0.25) is 0 Å². The van der Waals surface area contributed by atoms with E-state index in [2.05, 4.69) is 24.1 Å². The van der Waals surface area contributed by atoms with E-state index in [1.807, 2.05) is 6.07 Å². The number of nitrogens with zero attached hydrogens (tertiary/aromatic N) is 1. The van der Waals surface area contributed by atoms with E-state index in [1.165, 1.54) is 11.1 Å². The van der Waals surface area contributed by atoms with Gasteiger partial charge in [-0.2, -0.15) is 0 Å². The minimum Gasteiger partial charge on any atom is -0.369 e. The predicted octanol–water partition coefficient (Wildman–Crippen LogP) is 0.660. The maximum Gasteiger partial charge on any atom is 0.221 e. The van der Waals surface area contributed by atoms with Crippen LogP contribution in [0.4, 0.5) is 0 Å². The number of nitrogens with two attached hydrogens (primary N) is 1. The Balaban J connectivity index is 2.24. The van der Waals surface area contributed by atoms with E-state index in [0.29, 0.717) is 6.42 Å².